The van der Waals surface area contributed by atoms with Crippen molar-refractivity contribution >= 4 is 17.9 Å². The highest BCUT2D eigenvalue weighted by Crippen LogP contribution is 2.34. The first-order valence-electron chi connectivity index (χ1n) is 13.9. The van der Waals surface area contributed by atoms with Gasteiger partial charge >= 0.3 is 6.01 Å². The molecule has 0 unspecified atom stereocenters. The first-order chi connectivity index (χ1) is 19.4. The Balaban J connectivity index is 1.19. The Morgan fingerprint density at radius 3 is 2.45 bits per heavy atom. The van der Waals surface area contributed by atoms with E-state index in [2.05, 4.69) is 31.6 Å². The molecule has 10 nitrogen and oxygen atoms in total. The number of anilines is 2. The first-order valence-corrected chi connectivity index (χ1v) is 13.9. The average Bonchev–Trinajstić information content (AvgIpc) is 3.57. The number of halogens is 2. The number of carbonyl (C=O) groups is 1. The fraction of sp³-hybridized carbons (Fsp3) is 0.536. The van der Waals surface area contributed by atoms with E-state index in [1.54, 1.807) is 12.4 Å². The van der Waals surface area contributed by atoms with E-state index in [9.17, 15) is 13.6 Å². The van der Waals surface area contributed by atoms with Crippen LogP contribution >= 0.6 is 0 Å². The van der Waals surface area contributed by atoms with E-state index in [4.69, 9.17) is 10.3 Å². The van der Waals surface area contributed by atoms with Gasteiger partial charge in [-0.1, -0.05) is 18.7 Å². The van der Waals surface area contributed by atoms with Crippen molar-refractivity contribution in [2.24, 2.45) is 11.7 Å². The van der Waals surface area contributed by atoms with Crippen LogP contribution in [0.15, 0.2) is 53.4 Å². The van der Waals surface area contributed by atoms with Crippen LogP contribution in [0.3, 0.4) is 0 Å². The number of piperidine rings is 1. The van der Waals surface area contributed by atoms with Crippen LogP contribution in [0, 0.1) is 5.92 Å². The minimum absolute atomic E-state index is 0.0541. The van der Waals surface area contributed by atoms with Crippen LogP contribution in [-0.2, 0) is 6.42 Å². The van der Waals surface area contributed by atoms with Crippen LogP contribution in [0.2, 0.25) is 0 Å². The maximum atomic E-state index is 14.3. The van der Waals surface area contributed by atoms with Gasteiger partial charge in [0.25, 0.3) is 5.91 Å². The van der Waals surface area contributed by atoms with Crippen molar-refractivity contribution < 1.29 is 18.1 Å². The number of aromatic nitrogens is 4. The summed E-state index contributed by atoms with van der Waals surface area (Å²) in [5.41, 5.74) is 6.71. The molecule has 2 saturated heterocycles. The summed E-state index contributed by atoms with van der Waals surface area (Å²) in [6.45, 7) is 7.72. The summed E-state index contributed by atoms with van der Waals surface area (Å²) in [6.07, 6.45) is 10.8. The minimum Gasteiger partial charge on any atom is -0.339 e. The molecule has 214 valence electrons. The number of nitrogens with two attached hydrogens (primary N) is 1. The molecule has 2 aromatic rings. The molecular weight excluding hydrogens is 518 g/mol. The molecule has 2 N–H and O–H groups in total. The Kier molecular flexibility index (Phi) is 8.53. The number of hydrogen-bond donors (Lipinski definition) is 1. The summed E-state index contributed by atoms with van der Waals surface area (Å²) in [4.78, 5) is 32.9. The van der Waals surface area contributed by atoms with Gasteiger partial charge in [0.05, 0.1) is 5.56 Å². The van der Waals surface area contributed by atoms with E-state index < -0.39 is 11.7 Å². The van der Waals surface area contributed by atoms with Gasteiger partial charge in [-0.3, -0.25) is 4.79 Å². The second-order valence-electron chi connectivity index (χ2n) is 10.7. The molecular formula is C28H36F2N8O2. The zero-order valence-corrected chi connectivity index (χ0v) is 22.8. The van der Waals surface area contributed by atoms with Crippen molar-refractivity contribution in [3.8, 4) is 0 Å². The van der Waals surface area contributed by atoms with Crippen molar-refractivity contribution in [3.63, 3.8) is 0 Å². The highest BCUT2D eigenvalue weighted by Gasteiger charge is 2.40. The minimum atomic E-state index is -0.601. The molecule has 0 spiro atoms. The Bertz CT molecular complexity index is 1250. The van der Waals surface area contributed by atoms with E-state index in [1.165, 1.54) is 0 Å². The molecule has 40 heavy (non-hydrogen) atoms. The number of hydrogen-bond acceptors (Lipinski definition) is 9. The molecule has 1 amide bonds. The molecule has 5 rings (SSSR count). The van der Waals surface area contributed by atoms with Crippen LogP contribution in [0.5, 0.6) is 0 Å². The van der Waals surface area contributed by atoms with E-state index in [1.807, 2.05) is 16.7 Å². The number of amides is 1. The number of carbonyl (C=O) groups excluding carboxylic acids is 1. The second-order valence-corrected chi connectivity index (χ2v) is 10.7. The second kappa shape index (κ2) is 12.2. The van der Waals surface area contributed by atoms with Gasteiger partial charge in [0.15, 0.2) is 5.82 Å². The van der Waals surface area contributed by atoms with Crippen LogP contribution in [0.4, 0.5) is 20.7 Å². The Hall–Kier alpha value is -3.67. The van der Waals surface area contributed by atoms with Crippen LogP contribution in [0.1, 0.15) is 55.2 Å². The van der Waals surface area contributed by atoms with Crippen molar-refractivity contribution in [2.45, 2.75) is 63.6 Å². The van der Waals surface area contributed by atoms with Gasteiger partial charge in [-0.05, 0) is 49.8 Å². The summed E-state index contributed by atoms with van der Waals surface area (Å²) >= 11 is 0. The maximum Gasteiger partial charge on any atom is 0.324 e. The molecule has 0 radical (unpaired) electrons. The van der Waals surface area contributed by atoms with Crippen LogP contribution in [-0.4, -0.2) is 75.2 Å². The third kappa shape index (κ3) is 6.38. The summed E-state index contributed by atoms with van der Waals surface area (Å²) in [6, 6.07) is 0.632. The third-order valence-electron chi connectivity index (χ3n) is 7.81. The van der Waals surface area contributed by atoms with Crippen LogP contribution < -0.4 is 15.5 Å². The number of nitrogens with zero attached hydrogens (tertiary/aromatic N) is 7. The summed E-state index contributed by atoms with van der Waals surface area (Å²) in [5.74, 6) is -0.127. The number of rotatable bonds is 10. The van der Waals surface area contributed by atoms with E-state index >= 15 is 0 Å². The molecule has 12 heteroatoms. The lowest BCUT2D eigenvalue weighted by atomic mass is 10.00. The zero-order valence-electron chi connectivity index (χ0n) is 22.8. The monoisotopic (exact) mass is 554 g/mol. The van der Waals surface area contributed by atoms with E-state index in [-0.39, 0.29) is 36.4 Å². The van der Waals surface area contributed by atoms with E-state index in [0.29, 0.717) is 36.4 Å². The molecule has 0 aromatic carbocycles. The lowest BCUT2D eigenvalue weighted by Gasteiger charge is -2.38. The standard InChI is InChI=1S/C28H36F2N8O2/c1-3-20(29)5-6-21(30)13-18-16-37(17-24(18)31)27-32-14-19(15-33-27)26(39)38(22-7-8-22)23-9-11-36(12-10-23)28-34-25(4-2)35-40-28/h3,5-6,14-15,18,22-24H,1,4,7-13,16-17,31H2,2H3/b20-5+,21-6+/t18-,24-/m0/s1. The average molecular weight is 555 g/mol. The summed E-state index contributed by atoms with van der Waals surface area (Å²) < 4.78 is 32.9. The topological polar surface area (TPSA) is 118 Å². The third-order valence-corrected chi connectivity index (χ3v) is 7.81. The van der Waals surface area contributed by atoms with Gasteiger partial charge in [0, 0.05) is 69.5 Å². The van der Waals surface area contributed by atoms with Gasteiger partial charge < -0.3 is 25.0 Å². The molecule has 3 aliphatic rings. The lowest BCUT2D eigenvalue weighted by molar-refractivity contribution is 0.0628. The molecule has 1 aliphatic carbocycles. The Morgan fingerprint density at radius 2 is 1.82 bits per heavy atom. The molecule has 1 saturated carbocycles. The number of aryl methyl sites for hydroxylation is 1. The van der Waals surface area contributed by atoms with Crippen molar-refractivity contribution in [1.29, 1.82) is 0 Å². The van der Waals surface area contributed by atoms with Crippen LogP contribution in [0.25, 0.3) is 0 Å². The SMILES string of the molecule is C=C/C(F)=C\C=C(\F)C[C@H]1CN(c2ncc(C(=O)N(C3CC3)C3CCN(c4nc(CC)no4)CC3)cn2)C[C@@H]1N. The molecule has 3 fully saturated rings. The highest BCUT2D eigenvalue weighted by molar-refractivity contribution is 5.94. The normalized spacial score (nSPS) is 22.6. The van der Waals surface area contributed by atoms with Crippen molar-refractivity contribution in [3.05, 3.63) is 60.2 Å². The zero-order chi connectivity index (χ0) is 28.2. The smallest absolute Gasteiger partial charge is 0.324 e. The summed E-state index contributed by atoms with van der Waals surface area (Å²) in [5, 5.41) is 3.99. The predicted octanol–water partition coefficient (Wildman–Crippen LogP) is 3.74. The highest BCUT2D eigenvalue weighted by atomic mass is 19.1. The Morgan fingerprint density at radius 1 is 1.12 bits per heavy atom. The largest absolute Gasteiger partial charge is 0.339 e. The van der Waals surface area contributed by atoms with Gasteiger partial charge in [0.1, 0.15) is 11.7 Å². The summed E-state index contributed by atoms with van der Waals surface area (Å²) in [7, 11) is 0. The van der Waals surface area contributed by atoms with Gasteiger partial charge in [-0.2, -0.15) is 4.98 Å². The van der Waals surface area contributed by atoms with Gasteiger partial charge in [-0.15, -0.1) is 0 Å². The maximum absolute atomic E-state index is 14.3. The molecule has 0 bridgehead atoms. The first kappa shape index (κ1) is 27.9. The molecule has 2 atom stereocenters. The van der Waals surface area contributed by atoms with Crippen molar-refractivity contribution in [2.75, 3.05) is 36.0 Å². The molecule has 2 aromatic heterocycles. The molecule has 4 heterocycles. The van der Waals surface area contributed by atoms with Gasteiger partial charge in [-0.25, -0.2) is 18.7 Å². The predicted molar refractivity (Wildman–Crippen MR) is 147 cm³/mol. The van der Waals surface area contributed by atoms with Gasteiger partial charge in [0.2, 0.25) is 5.95 Å². The quantitative estimate of drug-likeness (QED) is 0.438. The van der Waals surface area contributed by atoms with Crippen molar-refractivity contribution in [1.82, 2.24) is 25.0 Å². The van der Waals surface area contributed by atoms with E-state index in [0.717, 1.165) is 63.4 Å². The number of allylic oxidation sites excluding steroid dienone is 5. The fourth-order valence-electron chi connectivity index (χ4n) is 5.41. The lowest BCUT2D eigenvalue weighted by Crippen LogP contribution is -2.48. The Labute approximate surface area is 232 Å². The fourth-order valence-corrected chi connectivity index (χ4v) is 5.41. The molecule has 2 aliphatic heterocycles.